The zero-order chi connectivity index (χ0) is 14.6. The van der Waals surface area contributed by atoms with Crippen LogP contribution in [0.3, 0.4) is 0 Å². The van der Waals surface area contributed by atoms with Gasteiger partial charge in [0.2, 0.25) is 5.91 Å². The fraction of sp³-hybridized carbons (Fsp3) is 0.818. The van der Waals surface area contributed by atoms with Crippen molar-refractivity contribution in [3.05, 3.63) is 0 Å². The quantitative estimate of drug-likeness (QED) is 0.805. The first-order valence-corrected chi connectivity index (χ1v) is 6.01. The number of carbonyl (C=O) groups is 2. The van der Waals surface area contributed by atoms with Crippen LogP contribution in [0.2, 0.25) is 0 Å². The van der Waals surface area contributed by atoms with Crippen LogP contribution in [0, 0.1) is 0 Å². The molecular formula is C11H18F3N3O2. The van der Waals surface area contributed by atoms with E-state index in [1.165, 1.54) is 4.90 Å². The van der Waals surface area contributed by atoms with Crippen LogP contribution in [0.25, 0.3) is 0 Å². The second-order valence-electron chi connectivity index (χ2n) is 4.72. The Labute approximate surface area is 109 Å². The van der Waals surface area contributed by atoms with E-state index in [0.29, 0.717) is 0 Å². The summed E-state index contributed by atoms with van der Waals surface area (Å²) in [4.78, 5) is 25.8. The maximum absolute atomic E-state index is 12.0. The number of hydrogen-bond acceptors (Lipinski definition) is 3. The maximum atomic E-state index is 12.0. The molecule has 0 aromatic carbocycles. The normalized spacial score (nSPS) is 18.2. The zero-order valence-corrected chi connectivity index (χ0v) is 11.0. The molecule has 110 valence electrons. The Bertz CT molecular complexity index is 339. The van der Waals surface area contributed by atoms with Crippen LogP contribution in [0.5, 0.6) is 0 Å². The molecule has 0 saturated carbocycles. The minimum absolute atomic E-state index is 0.0199. The topological polar surface area (TPSA) is 52.6 Å². The first-order valence-electron chi connectivity index (χ1n) is 6.01. The van der Waals surface area contributed by atoms with Crippen molar-refractivity contribution in [3.63, 3.8) is 0 Å². The molecule has 1 N–H and O–H groups in total. The zero-order valence-electron chi connectivity index (χ0n) is 11.0. The lowest BCUT2D eigenvalue weighted by atomic mass is 10.0. The first-order chi connectivity index (χ1) is 8.71. The van der Waals surface area contributed by atoms with E-state index in [1.807, 2.05) is 7.05 Å². The Balaban J connectivity index is 2.39. The summed E-state index contributed by atoms with van der Waals surface area (Å²) in [5.74, 6) is -2.59. The van der Waals surface area contributed by atoms with Gasteiger partial charge in [-0.2, -0.15) is 13.2 Å². The van der Waals surface area contributed by atoms with Gasteiger partial charge in [0, 0.05) is 13.1 Å². The monoisotopic (exact) mass is 281 g/mol. The van der Waals surface area contributed by atoms with Gasteiger partial charge in [0.15, 0.2) is 0 Å². The Morgan fingerprint density at radius 1 is 1.32 bits per heavy atom. The van der Waals surface area contributed by atoms with Gasteiger partial charge in [-0.05, 0) is 33.0 Å². The molecule has 0 radical (unpaired) electrons. The molecule has 1 rings (SSSR count). The number of amides is 2. The summed E-state index contributed by atoms with van der Waals surface area (Å²) in [6.45, 7) is 1.07. The summed E-state index contributed by atoms with van der Waals surface area (Å²) >= 11 is 0. The molecular weight excluding hydrogens is 263 g/mol. The summed E-state index contributed by atoms with van der Waals surface area (Å²) in [6.07, 6.45) is -3.38. The molecule has 1 saturated heterocycles. The molecule has 0 aliphatic carbocycles. The summed E-state index contributed by atoms with van der Waals surface area (Å²) in [5, 5.41) is 1.59. The maximum Gasteiger partial charge on any atom is 0.471 e. The summed E-state index contributed by atoms with van der Waals surface area (Å²) < 4.78 is 35.9. The number of halogens is 3. The largest absolute Gasteiger partial charge is 0.471 e. The van der Waals surface area contributed by atoms with Crippen LogP contribution in [-0.2, 0) is 9.59 Å². The number of hydrogen-bond donors (Lipinski definition) is 1. The number of likely N-dealkylation sites (N-methyl/N-ethyl adjacent to an activating group) is 1. The van der Waals surface area contributed by atoms with E-state index >= 15 is 0 Å². The predicted octanol–water partition coefficient (Wildman–Crippen LogP) is 0.218. The lowest BCUT2D eigenvalue weighted by Crippen LogP contribution is -2.49. The molecule has 0 aromatic heterocycles. The molecule has 0 bridgehead atoms. The highest BCUT2D eigenvalue weighted by molar-refractivity contribution is 5.87. The molecule has 19 heavy (non-hydrogen) atoms. The van der Waals surface area contributed by atoms with Crippen LogP contribution in [0.4, 0.5) is 13.2 Å². The minimum atomic E-state index is -4.95. The van der Waals surface area contributed by atoms with Crippen LogP contribution in [0.15, 0.2) is 0 Å². The van der Waals surface area contributed by atoms with Crippen molar-refractivity contribution in [1.29, 1.82) is 0 Å². The molecule has 8 heteroatoms. The molecule has 1 aliphatic rings. The molecule has 5 nitrogen and oxygen atoms in total. The van der Waals surface area contributed by atoms with Crippen molar-refractivity contribution >= 4 is 11.8 Å². The van der Waals surface area contributed by atoms with Crippen LogP contribution in [-0.4, -0.2) is 67.6 Å². The van der Waals surface area contributed by atoms with E-state index in [9.17, 15) is 22.8 Å². The number of nitrogens with one attached hydrogen (secondary N) is 1. The highest BCUT2D eigenvalue weighted by Gasteiger charge is 2.38. The van der Waals surface area contributed by atoms with E-state index in [-0.39, 0.29) is 6.04 Å². The fourth-order valence-electron chi connectivity index (χ4n) is 1.97. The van der Waals surface area contributed by atoms with Gasteiger partial charge in [-0.25, -0.2) is 0 Å². The number of piperidine rings is 1. The second kappa shape index (κ2) is 6.23. The van der Waals surface area contributed by atoms with Crippen molar-refractivity contribution in [2.45, 2.75) is 25.1 Å². The van der Waals surface area contributed by atoms with Gasteiger partial charge in [0.25, 0.3) is 0 Å². The SMILES string of the molecule is CN1CCC(N(C)C(=O)CNC(=O)C(F)(F)F)CC1. The number of likely N-dealkylation sites (tertiary alicyclic amines) is 1. The van der Waals surface area contributed by atoms with E-state index in [4.69, 9.17) is 0 Å². The molecule has 0 unspecified atom stereocenters. The number of nitrogens with zero attached hydrogens (tertiary/aromatic N) is 2. The first kappa shape index (κ1) is 15.7. The summed E-state index contributed by atoms with van der Waals surface area (Å²) in [6, 6.07) is 0.0199. The summed E-state index contributed by atoms with van der Waals surface area (Å²) in [7, 11) is 3.53. The van der Waals surface area contributed by atoms with Crippen LogP contribution < -0.4 is 5.32 Å². The third kappa shape index (κ3) is 4.70. The molecule has 0 atom stereocenters. The van der Waals surface area contributed by atoms with Gasteiger partial charge in [-0.1, -0.05) is 0 Å². The highest BCUT2D eigenvalue weighted by Crippen LogP contribution is 2.15. The molecule has 2 amide bonds. The van der Waals surface area contributed by atoms with Crippen LogP contribution >= 0.6 is 0 Å². The smallest absolute Gasteiger partial charge is 0.341 e. The van der Waals surface area contributed by atoms with Gasteiger partial charge in [-0.3, -0.25) is 9.59 Å². The standard InChI is InChI=1S/C11H18F3N3O2/c1-16-5-3-8(4-6-16)17(2)9(18)7-15-10(19)11(12,13)14/h8H,3-7H2,1-2H3,(H,15,19). The van der Waals surface area contributed by atoms with Gasteiger partial charge in [0.1, 0.15) is 0 Å². The number of alkyl halides is 3. The van der Waals surface area contributed by atoms with Gasteiger partial charge >= 0.3 is 12.1 Å². The van der Waals surface area contributed by atoms with Crippen molar-refractivity contribution in [2.24, 2.45) is 0 Å². The van der Waals surface area contributed by atoms with Gasteiger partial charge in [-0.15, -0.1) is 0 Å². The summed E-state index contributed by atoms with van der Waals surface area (Å²) in [5.41, 5.74) is 0. The van der Waals surface area contributed by atoms with E-state index in [0.717, 1.165) is 25.9 Å². The third-order valence-electron chi connectivity index (χ3n) is 3.29. The van der Waals surface area contributed by atoms with E-state index in [2.05, 4.69) is 4.90 Å². The fourth-order valence-corrected chi connectivity index (χ4v) is 1.97. The minimum Gasteiger partial charge on any atom is -0.341 e. The Morgan fingerprint density at radius 2 is 1.84 bits per heavy atom. The highest BCUT2D eigenvalue weighted by atomic mass is 19.4. The lowest BCUT2D eigenvalue weighted by Gasteiger charge is -2.35. The molecule has 1 aliphatic heterocycles. The molecule has 1 fully saturated rings. The van der Waals surface area contributed by atoms with Crippen molar-refractivity contribution in [3.8, 4) is 0 Å². The average molecular weight is 281 g/mol. The predicted molar refractivity (Wildman–Crippen MR) is 62.4 cm³/mol. The second-order valence-corrected chi connectivity index (χ2v) is 4.72. The Kier molecular flexibility index (Phi) is 5.16. The Hall–Kier alpha value is -1.31. The van der Waals surface area contributed by atoms with E-state index in [1.54, 1.807) is 12.4 Å². The van der Waals surface area contributed by atoms with Crippen LogP contribution in [0.1, 0.15) is 12.8 Å². The van der Waals surface area contributed by atoms with Gasteiger partial charge in [0.05, 0.1) is 6.54 Å². The van der Waals surface area contributed by atoms with Crippen molar-refractivity contribution in [1.82, 2.24) is 15.1 Å². The van der Waals surface area contributed by atoms with E-state index < -0.39 is 24.5 Å². The number of carbonyl (C=O) groups excluding carboxylic acids is 2. The van der Waals surface area contributed by atoms with Gasteiger partial charge < -0.3 is 15.1 Å². The molecule has 0 spiro atoms. The Morgan fingerprint density at radius 3 is 2.32 bits per heavy atom. The molecule has 1 heterocycles. The van der Waals surface area contributed by atoms with Crippen molar-refractivity contribution < 1.29 is 22.8 Å². The number of rotatable bonds is 3. The van der Waals surface area contributed by atoms with Crippen molar-refractivity contribution in [2.75, 3.05) is 33.7 Å². The lowest BCUT2D eigenvalue weighted by molar-refractivity contribution is -0.174. The molecule has 0 aromatic rings. The average Bonchev–Trinajstić information content (AvgIpc) is 2.34. The third-order valence-corrected chi connectivity index (χ3v) is 3.29.